The summed E-state index contributed by atoms with van der Waals surface area (Å²) in [5.74, 6) is 0.106. The van der Waals surface area contributed by atoms with Crippen LogP contribution in [-0.4, -0.2) is 18.5 Å². The van der Waals surface area contributed by atoms with Gasteiger partial charge in [0.05, 0.1) is 5.57 Å². The molecular weight excluding hydrogens is 306 g/mol. The third-order valence-corrected chi connectivity index (χ3v) is 4.02. The number of hydrogen-bond acceptors (Lipinski definition) is 5. The van der Waals surface area contributed by atoms with Crippen molar-refractivity contribution in [1.82, 2.24) is 0 Å². The summed E-state index contributed by atoms with van der Waals surface area (Å²) in [6.45, 7) is 3.00. The lowest BCUT2D eigenvalue weighted by atomic mass is 10.0. The Labute approximate surface area is 138 Å². The summed E-state index contributed by atoms with van der Waals surface area (Å²) in [6.07, 6.45) is 2.43. The largest absolute Gasteiger partial charge is 0.423 e. The van der Waals surface area contributed by atoms with Crippen molar-refractivity contribution >= 4 is 29.3 Å². The molecule has 24 heavy (non-hydrogen) atoms. The van der Waals surface area contributed by atoms with E-state index < -0.39 is 11.9 Å². The third-order valence-electron chi connectivity index (χ3n) is 4.02. The zero-order valence-electron chi connectivity index (χ0n) is 13.1. The lowest BCUT2D eigenvalue weighted by Gasteiger charge is -2.06. The molecule has 0 spiro atoms. The number of carbonyl (C=O) groups excluding carboxylic acids is 2. The number of carbonyl (C=O) groups is 2. The highest BCUT2D eigenvalue weighted by molar-refractivity contribution is 6.19. The van der Waals surface area contributed by atoms with Crippen LogP contribution in [0.1, 0.15) is 18.9 Å². The molecule has 1 N–H and O–H groups in total. The first kappa shape index (κ1) is 14.5. The van der Waals surface area contributed by atoms with Crippen molar-refractivity contribution in [2.45, 2.75) is 13.3 Å². The van der Waals surface area contributed by atoms with E-state index in [0.717, 1.165) is 24.2 Å². The van der Waals surface area contributed by atoms with Crippen LogP contribution < -0.4 is 25.2 Å². The number of esters is 2. The highest BCUT2D eigenvalue weighted by atomic mass is 16.5. The number of nitrogens with one attached hydrogen (secondary N) is 1. The minimum Gasteiger partial charge on any atom is -0.423 e. The Bertz CT molecular complexity index is 974. The average Bonchev–Trinajstić information content (AvgIpc) is 3.08. The fourth-order valence-corrected chi connectivity index (χ4v) is 2.88. The summed E-state index contributed by atoms with van der Waals surface area (Å²) < 4.78 is 10.5. The topological polar surface area (TPSA) is 64.6 Å². The van der Waals surface area contributed by atoms with Crippen LogP contribution in [0.5, 0.6) is 11.5 Å². The number of anilines is 1. The lowest BCUT2D eigenvalue weighted by molar-refractivity contribution is -0.128. The molecule has 2 aromatic rings. The zero-order chi connectivity index (χ0) is 16.7. The Morgan fingerprint density at radius 1 is 1.00 bits per heavy atom. The van der Waals surface area contributed by atoms with Gasteiger partial charge in [0.2, 0.25) is 0 Å². The van der Waals surface area contributed by atoms with Crippen LogP contribution in [0.3, 0.4) is 0 Å². The van der Waals surface area contributed by atoms with Gasteiger partial charge in [0.25, 0.3) is 0 Å². The summed E-state index contributed by atoms with van der Waals surface area (Å²) in [5, 5.41) is 4.57. The maximum absolute atomic E-state index is 12.3. The van der Waals surface area contributed by atoms with Gasteiger partial charge in [-0.15, -0.1) is 0 Å². The van der Waals surface area contributed by atoms with E-state index in [2.05, 4.69) is 12.2 Å². The normalized spacial score (nSPS) is 14.6. The first-order valence-electron chi connectivity index (χ1n) is 7.84. The van der Waals surface area contributed by atoms with Crippen LogP contribution >= 0.6 is 0 Å². The second-order valence-corrected chi connectivity index (χ2v) is 5.72. The number of benzene rings is 2. The van der Waals surface area contributed by atoms with E-state index in [-0.39, 0.29) is 0 Å². The van der Waals surface area contributed by atoms with Crippen LogP contribution in [0.15, 0.2) is 36.4 Å². The molecule has 0 fully saturated rings. The molecule has 0 aliphatic carbocycles. The summed E-state index contributed by atoms with van der Waals surface area (Å²) in [4.78, 5) is 23.7. The molecule has 0 atom stereocenters. The van der Waals surface area contributed by atoms with E-state index in [0.29, 0.717) is 27.5 Å². The molecule has 0 unspecified atom stereocenters. The summed E-state index contributed by atoms with van der Waals surface area (Å²) in [6, 6.07) is 11.0. The highest BCUT2D eigenvalue weighted by Crippen LogP contribution is 2.24. The van der Waals surface area contributed by atoms with Gasteiger partial charge in [-0.1, -0.05) is 19.1 Å². The van der Waals surface area contributed by atoms with E-state index in [4.69, 9.17) is 9.47 Å². The maximum atomic E-state index is 12.3. The van der Waals surface area contributed by atoms with Crippen LogP contribution in [0.2, 0.25) is 0 Å². The Balaban J connectivity index is 1.80. The molecule has 2 aromatic carbocycles. The first-order chi connectivity index (χ1) is 11.7. The molecule has 0 saturated heterocycles. The maximum Gasteiger partial charge on any atom is 0.344 e. The van der Waals surface area contributed by atoms with Gasteiger partial charge in [-0.2, -0.15) is 0 Å². The predicted molar refractivity (Wildman–Crippen MR) is 89.2 cm³/mol. The van der Waals surface area contributed by atoms with Crippen molar-refractivity contribution in [2.75, 3.05) is 11.9 Å². The summed E-state index contributed by atoms with van der Waals surface area (Å²) in [5.41, 5.74) is 2.26. The van der Waals surface area contributed by atoms with E-state index in [1.807, 2.05) is 24.3 Å². The molecule has 120 valence electrons. The first-order valence-corrected chi connectivity index (χ1v) is 7.84. The van der Waals surface area contributed by atoms with E-state index in [1.54, 1.807) is 12.1 Å². The monoisotopic (exact) mass is 321 g/mol. The molecule has 4 rings (SSSR count). The molecule has 0 bridgehead atoms. The summed E-state index contributed by atoms with van der Waals surface area (Å²) in [7, 11) is 0. The number of ether oxygens (including phenoxy) is 2. The van der Waals surface area contributed by atoms with Gasteiger partial charge in [-0.3, -0.25) is 0 Å². The van der Waals surface area contributed by atoms with E-state index in [9.17, 15) is 9.59 Å². The van der Waals surface area contributed by atoms with Crippen molar-refractivity contribution in [3.63, 3.8) is 0 Å². The summed E-state index contributed by atoms with van der Waals surface area (Å²) >= 11 is 0. The molecule has 5 nitrogen and oxygen atoms in total. The quantitative estimate of drug-likeness (QED) is 0.680. The van der Waals surface area contributed by atoms with Crippen molar-refractivity contribution in [2.24, 2.45) is 0 Å². The van der Waals surface area contributed by atoms with Crippen LogP contribution in [0, 0.1) is 0 Å². The predicted octanol–water partition coefficient (Wildman–Crippen LogP) is 1.33. The SMILES string of the molecule is CCCNc1ccc(C2=c3cc4c(cc3OC2=O)=CC(=O)O4)cc1. The van der Waals surface area contributed by atoms with Gasteiger partial charge in [0, 0.05) is 28.7 Å². The van der Waals surface area contributed by atoms with E-state index >= 15 is 0 Å². The minimum atomic E-state index is -0.409. The molecule has 0 aromatic heterocycles. The Kier molecular flexibility index (Phi) is 3.34. The molecule has 2 heterocycles. The average molecular weight is 321 g/mol. The van der Waals surface area contributed by atoms with Gasteiger partial charge in [-0.05, 0) is 36.2 Å². The van der Waals surface area contributed by atoms with Crippen molar-refractivity contribution in [3.05, 3.63) is 52.4 Å². The van der Waals surface area contributed by atoms with Crippen molar-refractivity contribution < 1.29 is 19.1 Å². The van der Waals surface area contributed by atoms with Gasteiger partial charge in [-0.25, -0.2) is 9.59 Å². The van der Waals surface area contributed by atoms with Gasteiger partial charge in [0.1, 0.15) is 11.5 Å². The fourth-order valence-electron chi connectivity index (χ4n) is 2.88. The van der Waals surface area contributed by atoms with Gasteiger partial charge in [0.15, 0.2) is 0 Å². The smallest absolute Gasteiger partial charge is 0.344 e. The Hall–Kier alpha value is -3.08. The van der Waals surface area contributed by atoms with Crippen molar-refractivity contribution in [3.8, 4) is 11.5 Å². The number of fused-ring (bicyclic) bond motifs is 2. The third kappa shape index (κ3) is 2.34. The van der Waals surface area contributed by atoms with E-state index in [1.165, 1.54) is 6.08 Å². The molecule has 2 aliphatic rings. The second-order valence-electron chi connectivity index (χ2n) is 5.72. The molecule has 0 amide bonds. The molecule has 5 heteroatoms. The van der Waals surface area contributed by atoms with Crippen LogP contribution in [0.4, 0.5) is 5.69 Å². The molecule has 0 radical (unpaired) electrons. The van der Waals surface area contributed by atoms with Gasteiger partial charge >= 0.3 is 11.9 Å². The standard InChI is InChI=1S/C19H15NO4/c1-2-7-20-13-5-3-11(4-6-13)18-14-10-15-12(9-17(21)23-15)8-16(14)24-19(18)22/h3-6,8-10,20H,2,7H2,1H3. The molecular formula is C19H15NO4. The number of rotatable bonds is 4. The lowest BCUT2D eigenvalue weighted by Crippen LogP contribution is -2.10. The Morgan fingerprint density at radius 3 is 2.54 bits per heavy atom. The van der Waals surface area contributed by atoms with Crippen LogP contribution in [0.25, 0.3) is 11.6 Å². The van der Waals surface area contributed by atoms with Crippen LogP contribution in [-0.2, 0) is 9.59 Å². The second kappa shape index (κ2) is 5.53. The minimum absolute atomic E-state index is 0.394. The highest BCUT2D eigenvalue weighted by Gasteiger charge is 2.26. The molecule has 2 aliphatic heterocycles. The van der Waals surface area contributed by atoms with Crippen molar-refractivity contribution in [1.29, 1.82) is 0 Å². The molecule has 0 saturated carbocycles. The number of hydrogen-bond donors (Lipinski definition) is 1. The fraction of sp³-hybridized carbons (Fsp3) is 0.158. The Morgan fingerprint density at radius 2 is 1.79 bits per heavy atom. The van der Waals surface area contributed by atoms with Gasteiger partial charge < -0.3 is 14.8 Å². The zero-order valence-corrected chi connectivity index (χ0v) is 13.1.